The number of hydrogen-bond donors (Lipinski definition) is 1. The molecule has 82 valence electrons. The fraction of sp³-hybridized carbons (Fsp3) is 0.455. The van der Waals surface area contributed by atoms with Crippen LogP contribution in [-0.2, 0) is 5.75 Å². The summed E-state index contributed by atoms with van der Waals surface area (Å²) in [6.07, 6.45) is 0.903. The lowest BCUT2D eigenvalue weighted by Crippen LogP contribution is -2.15. The lowest BCUT2D eigenvalue weighted by molar-refractivity contribution is 0.599. The normalized spacial score (nSPS) is 25.9. The molecule has 2 N–H and O–H groups in total. The fourth-order valence-corrected chi connectivity index (χ4v) is 3.68. The number of rotatable bonds is 0. The van der Waals surface area contributed by atoms with Crippen LogP contribution in [0.2, 0.25) is 0 Å². The van der Waals surface area contributed by atoms with Crippen LogP contribution in [-0.4, -0.2) is 5.25 Å². The van der Waals surface area contributed by atoms with Crippen molar-refractivity contribution in [2.24, 2.45) is 5.73 Å². The topological polar surface area (TPSA) is 26.0 Å². The zero-order valence-corrected chi connectivity index (χ0v) is 10.9. The number of thioether (sulfide) groups is 1. The van der Waals surface area contributed by atoms with Gasteiger partial charge in [0.05, 0.1) is 0 Å². The standard InChI is InChI=1S/C11H13BrFNS/c1-6-4-10(14)11-7(5-15-6)9(13)3-2-8(11)12/h2-3,6,10H,4-5,14H2,1H3/t6?,10-/m1/s1. The van der Waals surface area contributed by atoms with Crippen LogP contribution < -0.4 is 5.73 Å². The van der Waals surface area contributed by atoms with E-state index < -0.39 is 0 Å². The lowest BCUT2D eigenvalue weighted by atomic mass is 9.98. The van der Waals surface area contributed by atoms with Crippen LogP contribution in [0, 0.1) is 5.82 Å². The molecule has 0 saturated carbocycles. The van der Waals surface area contributed by atoms with Gasteiger partial charge in [-0.2, -0.15) is 11.8 Å². The smallest absolute Gasteiger partial charge is 0.127 e. The molecule has 15 heavy (non-hydrogen) atoms. The Morgan fingerprint density at radius 2 is 2.27 bits per heavy atom. The predicted octanol–water partition coefficient (Wildman–Crippen LogP) is 3.61. The van der Waals surface area contributed by atoms with E-state index in [1.807, 2.05) is 0 Å². The van der Waals surface area contributed by atoms with E-state index in [2.05, 4.69) is 22.9 Å². The molecule has 2 atom stereocenters. The highest BCUT2D eigenvalue weighted by Gasteiger charge is 2.24. The third kappa shape index (κ3) is 2.22. The van der Waals surface area contributed by atoms with Crippen molar-refractivity contribution in [1.82, 2.24) is 0 Å². The summed E-state index contributed by atoms with van der Waals surface area (Å²) >= 11 is 5.22. The van der Waals surface area contributed by atoms with Gasteiger partial charge in [0.15, 0.2) is 0 Å². The summed E-state index contributed by atoms with van der Waals surface area (Å²) in [5, 5.41) is 0.485. The van der Waals surface area contributed by atoms with E-state index in [0.717, 1.165) is 27.8 Å². The van der Waals surface area contributed by atoms with Crippen molar-refractivity contribution in [1.29, 1.82) is 0 Å². The first kappa shape index (κ1) is 11.4. The quantitative estimate of drug-likeness (QED) is 0.790. The maximum Gasteiger partial charge on any atom is 0.127 e. The first-order valence-corrected chi connectivity index (χ1v) is 6.77. The highest BCUT2D eigenvalue weighted by atomic mass is 79.9. The van der Waals surface area contributed by atoms with E-state index in [1.54, 1.807) is 17.8 Å². The van der Waals surface area contributed by atoms with Crippen LogP contribution in [0.5, 0.6) is 0 Å². The summed E-state index contributed by atoms with van der Waals surface area (Å²) in [6.45, 7) is 2.14. The molecule has 0 aromatic heterocycles. The lowest BCUT2D eigenvalue weighted by Gasteiger charge is -2.15. The predicted molar refractivity (Wildman–Crippen MR) is 66.4 cm³/mol. The summed E-state index contributed by atoms with van der Waals surface area (Å²) in [5.74, 6) is 0.584. The molecule has 1 aromatic rings. The van der Waals surface area contributed by atoms with Crippen molar-refractivity contribution >= 4 is 27.7 Å². The summed E-state index contributed by atoms with van der Waals surface area (Å²) in [6, 6.07) is 3.19. The van der Waals surface area contributed by atoms with Gasteiger partial charge in [0.25, 0.3) is 0 Å². The molecule has 1 heterocycles. The van der Waals surface area contributed by atoms with Gasteiger partial charge >= 0.3 is 0 Å². The second-order valence-corrected chi connectivity index (χ2v) is 6.17. The number of hydrogen-bond acceptors (Lipinski definition) is 2. The van der Waals surface area contributed by atoms with Crippen LogP contribution >= 0.6 is 27.7 Å². The Hall–Kier alpha value is -0.0600. The van der Waals surface area contributed by atoms with Gasteiger partial charge in [-0.1, -0.05) is 22.9 Å². The molecule has 0 fully saturated rings. The maximum absolute atomic E-state index is 13.6. The monoisotopic (exact) mass is 289 g/mol. The largest absolute Gasteiger partial charge is 0.324 e. The zero-order valence-electron chi connectivity index (χ0n) is 8.47. The van der Waals surface area contributed by atoms with E-state index >= 15 is 0 Å². The van der Waals surface area contributed by atoms with E-state index in [1.165, 1.54) is 6.07 Å². The molecule has 1 aliphatic heterocycles. The first-order valence-electron chi connectivity index (χ1n) is 4.93. The maximum atomic E-state index is 13.6. The second-order valence-electron chi connectivity index (χ2n) is 3.89. The SMILES string of the molecule is CC1C[C@@H](N)c2c(Br)ccc(F)c2CS1. The third-order valence-corrected chi connectivity index (χ3v) is 4.62. The van der Waals surface area contributed by atoms with Crippen molar-refractivity contribution in [3.05, 3.63) is 33.5 Å². The molecular weight excluding hydrogens is 277 g/mol. The Balaban J connectivity index is 2.52. The average Bonchev–Trinajstić information content (AvgIpc) is 2.32. The second kappa shape index (κ2) is 4.44. The highest BCUT2D eigenvalue weighted by molar-refractivity contribution is 9.10. The molecule has 0 spiro atoms. The molecule has 0 bridgehead atoms. The minimum absolute atomic E-state index is 0.0601. The molecule has 4 heteroatoms. The van der Waals surface area contributed by atoms with Crippen LogP contribution in [0.25, 0.3) is 0 Å². The van der Waals surface area contributed by atoms with Crippen LogP contribution in [0.15, 0.2) is 16.6 Å². The van der Waals surface area contributed by atoms with E-state index in [9.17, 15) is 4.39 Å². The van der Waals surface area contributed by atoms with Gasteiger partial charge in [0, 0.05) is 27.1 Å². The Morgan fingerprint density at radius 3 is 3.00 bits per heavy atom. The van der Waals surface area contributed by atoms with Crippen molar-refractivity contribution in [3.8, 4) is 0 Å². The minimum atomic E-state index is -0.134. The van der Waals surface area contributed by atoms with Gasteiger partial charge in [-0.15, -0.1) is 0 Å². The van der Waals surface area contributed by atoms with E-state index in [-0.39, 0.29) is 11.9 Å². The molecule has 0 saturated heterocycles. The number of fused-ring (bicyclic) bond motifs is 1. The van der Waals surface area contributed by atoms with E-state index in [0.29, 0.717) is 5.25 Å². The van der Waals surface area contributed by atoms with Gasteiger partial charge in [0.1, 0.15) is 5.82 Å². The molecule has 1 aromatic carbocycles. The Bertz CT molecular complexity index is 383. The van der Waals surface area contributed by atoms with Gasteiger partial charge in [-0.05, 0) is 24.1 Å². The third-order valence-electron chi connectivity index (χ3n) is 2.72. The molecule has 1 nitrogen and oxygen atoms in total. The molecule has 0 amide bonds. The molecule has 0 radical (unpaired) electrons. The van der Waals surface area contributed by atoms with Crippen LogP contribution in [0.3, 0.4) is 0 Å². The molecule has 1 aliphatic rings. The molecule has 1 unspecified atom stereocenters. The first-order chi connectivity index (χ1) is 7.09. The zero-order chi connectivity index (χ0) is 11.0. The number of halogens is 2. The van der Waals surface area contributed by atoms with Crippen molar-refractivity contribution in [2.75, 3.05) is 0 Å². The van der Waals surface area contributed by atoms with Crippen molar-refractivity contribution in [3.63, 3.8) is 0 Å². The van der Waals surface area contributed by atoms with Gasteiger partial charge in [0.2, 0.25) is 0 Å². The van der Waals surface area contributed by atoms with Crippen LogP contribution in [0.1, 0.15) is 30.5 Å². The Labute approximate surface area is 102 Å². The van der Waals surface area contributed by atoms with E-state index in [4.69, 9.17) is 5.73 Å². The van der Waals surface area contributed by atoms with Crippen molar-refractivity contribution < 1.29 is 4.39 Å². The van der Waals surface area contributed by atoms with Crippen molar-refractivity contribution in [2.45, 2.75) is 30.4 Å². The summed E-state index contributed by atoms with van der Waals surface area (Å²) < 4.78 is 14.6. The average molecular weight is 290 g/mol. The summed E-state index contributed by atoms with van der Waals surface area (Å²) in [7, 11) is 0. The van der Waals surface area contributed by atoms with Gasteiger partial charge < -0.3 is 5.73 Å². The van der Waals surface area contributed by atoms with Gasteiger partial charge in [-0.25, -0.2) is 4.39 Å². The Morgan fingerprint density at radius 1 is 1.53 bits per heavy atom. The summed E-state index contributed by atoms with van der Waals surface area (Å²) in [4.78, 5) is 0. The molecule has 2 rings (SSSR count). The summed E-state index contributed by atoms with van der Waals surface area (Å²) in [5.41, 5.74) is 7.82. The Kier molecular flexibility index (Phi) is 3.38. The minimum Gasteiger partial charge on any atom is -0.324 e. The van der Waals surface area contributed by atoms with Gasteiger partial charge in [-0.3, -0.25) is 0 Å². The fourth-order valence-electron chi connectivity index (χ4n) is 1.93. The molecule has 0 aliphatic carbocycles. The number of benzene rings is 1. The highest BCUT2D eigenvalue weighted by Crippen LogP contribution is 2.38. The molecular formula is C11H13BrFNS. The number of nitrogens with two attached hydrogens (primary N) is 1. The van der Waals surface area contributed by atoms with Crippen LogP contribution in [0.4, 0.5) is 4.39 Å².